The summed E-state index contributed by atoms with van der Waals surface area (Å²) in [6.45, 7) is 1.74. The average Bonchev–Trinajstić information content (AvgIpc) is 1.85. The summed E-state index contributed by atoms with van der Waals surface area (Å²) in [5, 5.41) is 16.9. The van der Waals surface area contributed by atoms with Gasteiger partial charge >= 0.3 is 11.9 Å². The van der Waals surface area contributed by atoms with E-state index >= 15 is 0 Å². The van der Waals surface area contributed by atoms with Gasteiger partial charge in [0.15, 0.2) is 5.92 Å². The van der Waals surface area contributed by atoms with Gasteiger partial charge in [0.05, 0.1) is 0 Å². The molecule has 0 saturated heterocycles. The van der Waals surface area contributed by atoms with Crippen molar-refractivity contribution in [1.29, 1.82) is 0 Å². The van der Waals surface area contributed by atoms with Gasteiger partial charge in [-0.05, 0) is 6.42 Å². The van der Waals surface area contributed by atoms with Gasteiger partial charge in [-0.25, -0.2) is 0 Å². The average molecular weight is 173 g/mol. The van der Waals surface area contributed by atoms with Crippen LogP contribution in [0.15, 0.2) is 11.8 Å². The quantitative estimate of drug-likeness (QED) is 0.520. The summed E-state index contributed by atoms with van der Waals surface area (Å²) >= 11 is 0. The third-order valence-electron chi connectivity index (χ3n) is 1.27. The molecule has 0 fully saturated rings. The van der Waals surface area contributed by atoms with Crippen LogP contribution >= 0.6 is 0 Å². The highest BCUT2D eigenvalue weighted by Gasteiger charge is 2.27. The van der Waals surface area contributed by atoms with Gasteiger partial charge in [-0.15, -0.1) is 0 Å². The molecule has 5 heteroatoms. The number of allylic oxidation sites excluding steroid dienone is 1. The van der Waals surface area contributed by atoms with Gasteiger partial charge in [0.2, 0.25) is 0 Å². The second-order valence-electron chi connectivity index (χ2n) is 2.22. The zero-order chi connectivity index (χ0) is 9.72. The summed E-state index contributed by atoms with van der Waals surface area (Å²) in [7, 11) is 0. The van der Waals surface area contributed by atoms with Gasteiger partial charge in [0, 0.05) is 5.70 Å². The van der Waals surface area contributed by atoms with Crippen molar-refractivity contribution in [2.45, 2.75) is 13.3 Å². The molecule has 0 radical (unpaired) electrons. The van der Waals surface area contributed by atoms with E-state index in [0.717, 1.165) is 0 Å². The summed E-state index contributed by atoms with van der Waals surface area (Å²) in [6.07, 6.45) is 1.90. The minimum absolute atomic E-state index is 0.127. The molecule has 0 heterocycles. The Labute approximate surface area is 69.5 Å². The Hall–Kier alpha value is -1.52. The third-order valence-corrected chi connectivity index (χ3v) is 1.27. The molecule has 68 valence electrons. The number of carboxylic acids is 2. The second-order valence-corrected chi connectivity index (χ2v) is 2.22. The van der Waals surface area contributed by atoms with E-state index in [0.29, 0.717) is 6.42 Å². The smallest absolute Gasteiger partial charge is 0.323 e. The van der Waals surface area contributed by atoms with Crippen LogP contribution in [0.25, 0.3) is 0 Å². The Morgan fingerprint density at radius 1 is 1.42 bits per heavy atom. The zero-order valence-corrected chi connectivity index (χ0v) is 6.65. The minimum atomic E-state index is -1.62. The van der Waals surface area contributed by atoms with Crippen LogP contribution in [0, 0.1) is 5.92 Å². The fourth-order valence-electron chi connectivity index (χ4n) is 0.744. The molecule has 0 aromatic rings. The Bertz CT molecular complexity index is 207. The van der Waals surface area contributed by atoms with Crippen molar-refractivity contribution in [1.82, 2.24) is 0 Å². The normalized spacial score (nSPS) is 11.7. The first-order valence-corrected chi connectivity index (χ1v) is 3.41. The molecule has 4 N–H and O–H groups in total. The van der Waals surface area contributed by atoms with Crippen molar-refractivity contribution >= 4 is 11.9 Å². The monoisotopic (exact) mass is 173 g/mol. The number of aliphatic carboxylic acids is 2. The lowest BCUT2D eigenvalue weighted by Crippen LogP contribution is -2.29. The molecule has 0 saturated carbocycles. The van der Waals surface area contributed by atoms with Gasteiger partial charge in [-0.2, -0.15) is 0 Å². The number of nitrogens with two attached hydrogens (primary N) is 1. The molecule has 0 aromatic carbocycles. The standard InChI is InChI=1S/C7H11NO4/c1-2-3-4(8)5(6(9)10)7(11)12/h3,5H,2,8H2,1H3,(H,9,10)(H,11,12). The lowest BCUT2D eigenvalue weighted by Gasteiger charge is -2.06. The third kappa shape index (κ3) is 2.61. The molecule has 0 unspecified atom stereocenters. The van der Waals surface area contributed by atoms with Crippen LogP contribution in [0.2, 0.25) is 0 Å². The van der Waals surface area contributed by atoms with E-state index in [1.165, 1.54) is 6.08 Å². The first-order valence-electron chi connectivity index (χ1n) is 3.41. The molecule has 0 amide bonds. The summed E-state index contributed by atoms with van der Waals surface area (Å²) in [5.41, 5.74) is 5.10. The van der Waals surface area contributed by atoms with E-state index in [1.807, 2.05) is 0 Å². The largest absolute Gasteiger partial charge is 0.480 e. The number of carboxylic acid groups (broad SMARTS) is 2. The van der Waals surface area contributed by atoms with Gasteiger partial charge in [0.1, 0.15) is 0 Å². The van der Waals surface area contributed by atoms with Crippen molar-refractivity contribution in [2.75, 3.05) is 0 Å². The highest BCUT2D eigenvalue weighted by Crippen LogP contribution is 2.06. The molecule has 0 aliphatic heterocycles. The van der Waals surface area contributed by atoms with Crippen molar-refractivity contribution < 1.29 is 19.8 Å². The van der Waals surface area contributed by atoms with Gasteiger partial charge in [-0.3, -0.25) is 9.59 Å². The molecule has 5 nitrogen and oxygen atoms in total. The van der Waals surface area contributed by atoms with Crippen molar-refractivity contribution in [2.24, 2.45) is 11.7 Å². The van der Waals surface area contributed by atoms with E-state index < -0.39 is 17.9 Å². The number of hydrogen-bond donors (Lipinski definition) is 3. The maximum Gasteiger partial charge on any atom is 0.323 e. The van der Waals surface area contributed by atoms with Gasteiger partial charge < -0.3 is 15.9 Å². The molecule has 0 spiro atoms. The van der Waals surface area contributed by atoms with Gasteiger partial charge in [-0.1, -0.05) is 13.0 Å². The Balaban J connectivity index is 4.63. The molecule has 0 rings (SSSR count). The van der Waals surface area contributed by atoms with Crippen LogP contribution in [0.3, 0.4) is 0 Å². The Kier molecular flexibility index (Phi) is 3.82. The second kappa shape index (κ2) is 4.38. The predicted octanol–water partition coefficient (Wildman–Crippen LogP) is 0.0244. The highest BCUT2D eigenvalue weighted by atomic mass is 16.4. The van der Waals surface area contributed by atoms with E-state index in [1.54, 1.807) is 6.92 Å². The van der Waals surface area contributed by atoms with E-state index in [-0.39, 0.29) is 5.70 Å². The van der Waals surface area contributed by atoms with Crippen LogP contribution in [-0.4, -0.2) is 22.2 Å². The minimum Gasteiger partial charge on any atom is -0.480 e. The molecule has 0 aliphatic rings. The van der Waals surface area contributed by atoms with Crippen molar-refractivity contribution in [3.8, 4) is 0 Å². The van der Waals surface area contributed by atoms with Crippen molar-refractivity contribution in [3.63, 3.8) is 0 Å². The highest BCUT2D eigenvalue weighted by molar-refractivity contribution is 5.96. The summed E-state index contributed by atoms with van der Waals surface area (Å²) in [4.78, 5) is 20.7. The van der Waals surface area contributed by atoms with Crippen LogP contribution in [0.1, 0.15) is 13.3 Å². The summed E-state index contributed by atoms with van der Waals surface area (Å²) in [5.74, 6) is -4.50. The SMILES string of the molecule is CCC=C(N)C(C(=O)O)C(=O)O. The molecule has 0 bridgehead atoms. The number of carbonyl (C=O) groups is 2. The molecule has 0 aliphatic carbocycles. The molecular formula is C7H11NO4. The first-order chi connectivity index (χ1) is 5.50. The van der Waals surface area contributed by atoms with Crippen LogP contribution < -0.4 is 5.73 Å². The zero-order valence-electron chi connectivity index (χ0n) is 6.65. The fraction of sp³-hybridized carbons (Fsp3) is 0.429. The predicted molar refractivity (Wildman–Crippen MR) is 41.3 cm³/mol. The first kappa shape index (κ1) is 10.5. The van der Waals surface area contributed by atoms with Crippen LogP contribution in [0.4, 0.5) is 0 Å². The van der Waals surface area contributed by atoms with Crippen LogP contribution in [-0.2, 0) is 9.59 Å². The summed E-state index contributed by atoms with van der Waals surface area (Å²) < 4.78 is 0. The maximum absolute atomic E-state index is 10.4. The molecular weight excluding hydrogens is 162 g/mol. The van der Waals surface area contributed by atoms with Gasteiger partial charge in [0.25, 0.3) is 0 Å². The Morgan fingerprint density at radius 2 is 1.83 bits per heavy atom. The molecule has 12 heavy (non-hydrogen) atoms. The maximum atomic E-state index is 10.4. The number of hydrogen-bond acceptors (Lipinski definition) is 3. The molecule has 0 aromatic heterocycles. The lowest BCUT2D eigenvalue weighted by molar-refractivity contribution is -0.152. The van der Waals surface area contributed by atoms with E-state index in [4.69, 9.17) is 15.9 Å². The topological polar surface area (TPSA) is 101 Å². The van der Waals surface area contributed by atoms with Crippen molar-refractivity contribution in [3.05, 3.63) is 11.8 Å². The summed E-state index contributed by atoms with van der Waals surface area (Å²) in [6, 6.07) is 0. The molecule has 0 atom stereocenters. The van der Waals surface area contributed by atoms with Crippen LogP contribution in [0.5, 0.6) is 0 Å². The Morgan fingerprint density at radius 3 is 2.08 bits per heavy atom. The van der Waals surface area contributed by atoms with E-state index in [9.17, 15) is 9.59 Å². The lowest BCUT2D eigenvalue weighted by atomic mass is 10.1. The van der Waals surface area contributed by atoms with E-state index in [2.05, 4.69) is 0 Å². The number of rotatable bonds is 4. The fourth-order valence-corrected chi connectivity index (χ4v) is 0.744.